The quantitative estimate of drug-likeness (QED) is 0.559. The van der Waals surface area contributed by atoms with E-state index < -0.39 is 11.6 Å². The van der Waals surface area contributed by atoms with Crippen LogP contribution in [0.3, 0.4) is 0 Å². The van der Waals surface area contributed by atoms with Crippen molar-refractivity contribution in [3.05, 3.63) is 12.2 Å². The zero-order chi connectivity index (χ0) is 13.8. The van der Waals surface area contributed by atoms with Crippen LogP contribution in [0.1, 0.15) is 52.9 Å². The number of rotatable bonds is 5. The summed E-state index contributed by atoms with van der Waals surface area (Å²) < 4.78 is 10.6. The third-order valence-corrected chi connectivity index (χ3v) is 3.01. The summed E-state index contributed by atoms with van der Waals surface area (Å²) in [4.78, 5) is 23.4. The van der Waals surface area contributed by atoms with Crippen LogP contribution in [-0.2, 0) is 19.1 Å². The molecule has 0 aliphatic heterocycles. The van der Waals surface area contributed by atoms with Crippen LogP contribution in [0.5, 0.6) is 0 Å². The van der Waals surface area contributed by atoms with Gasteiger partial charge in [0, 0.05) is 5.57 Å². The Hall–Kier alpha value is -1.32. The van der Waals surface area contributed by atoms with Crippen LogP contribution in [0.25, 0.3) is 0 Å². The number of hydrogen-bond acceptors (Lipinski definition) is 4. The van der Waals surface area contributed by atoms with E-state index >= 15 is 0 Å². The zero-order valence-corrected chi connectivity index (χ0v) is 11.5. The van der Waals surface area contributed by atoms with Crippen LogP contribution >= 0.6 is 0 Å². The highest BCUT2D eigenvalue weighted by Gasteiger charge is 2.40. The first-order valence-electron chi connectivity index (χ1n) is 6.43. The minimum Gasteiger partial charge on any atom is -0.463 e. The molecule has 0 atom stereocenters. The van der Waals surface area contributed by atoms with Crippen molar-refractivity contribution in [3.8, 4) is 0 Å². The molecule has 4 heteroatoms. The van der Waals surface area contributed by atoms with Crippen molar-refractivity contribution in [1.29, 1.82) is 0 Å². The van der Waals surface area contributed by atoms with E-state index in [0.29, 0.717) is 5.57 Å². The predicted octanol–water partition coefficient (Wildman–Crippen LogP) is 2.76. The molecule has 0 bridgehead atoms. The second-order valence-corrected chi connectivity index (χ2v) is 5.28. The van der Waals surface area contributed by atoms with E-state index in [-0.39, 0.29) is 18.5 Å². The van der Waals surface area contributed by atoms with Gasteiger partial charge >= 0.3 is 11.9 Å². The van der Waals surface area contributed by atoms with Gasteiger partial charge in [0.2, 0.25) is 0 Å². The number of carbonyl (C=O) groups excluding carboxylic acids is 2. The molecule has 1 aliphatic rings. The van der Waals surface area contributed by atoms with Gasteiger partial charge in [-0.15, -0.1) is 0 Å². The Kier molecular flexibility index (Phi) is 4.93. The Morgan fingerprint density at radius 1 is 1.28 bits per heavy atom. The topological polar surface area (TPSA) is 52.6 Å². The molecule has 0 aromatic heterocycles. The van der Waals surface area contributed by atoms with Crippen molar-refractivity contribution < 1.29 is 19.1 Å². The molecule has 0 aromatic rings. The molecular formula is C14H22O4. The molecule has 18 heavy (non-hydrogen) atoms. The van der Waals surface area contributed by atoms with Gasteiger partial charge in [0.25, 0.3) is 0 Å². The normalized spacial score (nSPS) is 17.6. The van der Waals surface area contributed by atoms with Gasteiger partial charge in [-0.3, -0.25) is 4.79 Å². The van der Waals surface area contributed by atoms with E-state index in [4.69, 9.17) is 9.47 Å². The first-order valence-corrected chi connectivity index (χ1v) is 6.43. The fourth-order valence-corrected chi connectivity index (χ4v) is 2.19. The van der Waals surface area contributed by atoms with Gasteiger partial charge in [0.05, 0.1) is 12.5 Å². The molecule has 102 valence electrons. The summed E-state index contributed by atoms with van der Waals surface area (Å²) >= 11 is 0. The van der Waals surface area contributed by atoms with Crippen molar-refractivity contribution in [2.45, 2.75) is 64.6 Å². The van der Waals surface area contributed by atoms with E-state index in [1.165, 1.54) is 0 Å². The summed E-state index contributed by atoms with van der Waals surface area (Å²) in [5, 5.41) is 0. The summed E-state index contributed by atoms with van der Waals surface area (Å²) in [6.45, 7) is 8.78. The summed E-state index contributed by atoms with van der Waals surface area (Å²) in [5.41, 5.74) is -0.319. The van der Waals surface area contributed by atoms with E-state index in [1.54, 1.807) is 20.8 Å². The lowest BCUT2D eigenvalue weighted by Gasteiger charge is -2.28. The molecule has 0 heterocycles. The maximum atomic E-state index is 11.7. The van der Waals surface area contributed by atoms with Crippen molar-refractivity contribution in [2.24, 2.45) is 0 Å². The molecule has 1 aliphatic carbocycles. The third kappa shape index (κ3) is 4.17. The first kappa shape index (κ1) is 14.7. The van der Waals surface area contributed by atoms with E-state index in [0.717, 1.165) is 25.7 Å². The fraction of sp³-hybridized carbons (Fsp3) is 0.714. The Labute approximate surface area is 108 Å². The maximum absolute atomic E-state index is 11.7. The van der Waals surface area contributed by atoms with E-state index in [2.05, 4.69) is 6.58 Å². The highest BCUT2D eigenvalue weighted by atomic mass is 16.6. The van der Waals surface area contributed by atoms with Crippen molar-refractivity contribution in [3.63, 3.8) is 0 Å². The molecule has 0 unspecified atom stereocenters. The molecule has 0 N–H and O–H groups in total. The number of carbonyl (C=O) groups is 2. The van der Waals surface area contributed by atoms with Crippen LogP contribution in [-0.4, -0.2) is 23.6 Å². The smallest absolute Gasteiger partial charge is 0.333 e. The highest BCUT2D eigenvalue weighted by molar-refractivity contribution is 5.87. The van der Waals surface area contributed by atoms with Gasteiger partial charge in [-0.2, -0.15) is 0 Å². The molecule has 0 amide bonds. The lowest BCUT2D eigenvalue weighted by atomic mass is 9.97. The number of ether oxygens (including phenoxy) is 2. The second-order valence-electron chi connectivity index (χ2n) is 5.28. The highest BCUT2D eigenvalue weighted by Crippen LogP contribution is 2.37. The Bertz CT molecular complexity index is 338. The monoisotopic (exact) mass is 254 g/mol. The largest absolute Gasteiger partial charge is 0.463 e. The maximum Gasteiger partial charge on any atom is 0.333 e. The Balaban J connectivity index is 2.66. The summed E-state index contributed by atoms with van der Waals surface area (Å²) in [5.74, 6) is -0.726. The van der Waals surface area contributed by atoms with Gasteiger partial charge in [-0.1, -0.05) is 6.58 Å². The van der Waals surface area contributed by atoms with E-state index in [9.17, 15) is 9.59 Å². The van der Waals surface area contributed by atoms with Gasteiger partial charge in [0.15, 0.2) is 0 Å². The molecule has 0 spiro atoms. The van der Waals surface area contributed by atoms with Crippen molar-refractivity contribution in [2.75, 3.05) is 0 Å². The Morgan fingerprint density at radius 2 is 1.83 bits per heavy atom. The van der Waals surface area contributed by atoms with Gasteiger partial charge in [-0.05, 0) is 46.5 Å². The first-order chi connectivity index (χ1) is 8.34. The lowest BCUT2D eigenvalue weighted by Crippen LogP contribution is -2.36. The molecule has 0 aromatic carbocycles. The minimum atomic E-state index is -0.679. The third-order valence-electron chi connectivity index (χ3n) is 3.01. The average Bonchev–Trinajstić information content (AvgIpc) is 2.64. The van der Waals surface area contributed by atoms with Crippen LogP contribution in [0, 0.1) is 0 Å². The summed E-state index contributed by atoms with van der Waals surface area (Å²) in [7, 11) is 0. The molecule has 4 nitrogen and oxygen atoms in total. The number of hydrogen-bond donors (Lipinski definition) is 0. The minimum absolute atomic E-state index is 0.143. The second kappa shape index (κ2) is 6.03. The van der Waals surface area contributed by atoms with Crippen molar-refractivity contribution >= 4 is 11.9 Å². The molecular weight excluding hydrogens is 232 g/mol. The molecule has 0 radical (unpaired) electrons. The summed E-state index contributed by atoms with van der Waals surface area (Å²) in [6.07, 6.45) is 3.38. The number of esters is 2. The van der Waals surface area contributed by atoms with Crippen LogP contribution in [0.2, 0.25) is 0 Å². The SMILES string of the molecule is C=C(C)C(=O)OC1(CC(=O)OC(C)C)CCCC1. The van der Waals surface area contributed by atoms with Crippen molar-refractivity contribution in [1.82, 2.24) is 0 Å². The standard InChI is InChI=1S/C14H22O4/c1-10(2)13(16)18-14(7-5-6-8-14)9-12(15)17-11(3)4/h11H,1,5-9H2,2-4H3. The fourth-order valence-electron chi connectivity index (χ4n) is 2.19. The average molecular weight is 254 g/mol. The predicted molar refractivity (Wildman–Crippen MR) is 68.0 cm³/mol. The summed E-state index contributed by atoms with van der Waals surface area (Å²) in [6, 6.07) is 0. The van der Waals surface area contributed by atoms with E-state index in [1.807, 2.05) is 0 Å². The van der Waals surface area contributed by atoms with Crippen LogP contribution in [0.15, 0.2) is 12.2 Å². The molecule has 1 rings (SSSR count). The molecule has 1 fully saturated rings. The lowest BCUT2D eigenvalue weighted by molar-refractivity contribution is -0.164. The molecule has 1 saturated carbocycles. The molecule has 0 saturated heterocycles. The van der Waals surface area contributed by atoms with Gasteiger partial charge in [-0.25, -0.2) is 4.79 Å². The van der Waals surface area contributed by atoms with Crippen LogP contribution in [0.4, 0.5) is 0 Å². The Morgan fingerprint density at radius 3 is 2.28 bits per heavy atom. The zero-order valence-electron chi connectivity index (χ0n) is 11.5. The van der Waals surface area contributed by atoms with Gasteiger partial charge in [0.1, 0.15) is 5.60 Å². The van der Waals surface area contributed by atoms with Gasteiger partial charge < -0.3 is 9.47 Å². The van der Waals surface area contributed by atoms with Crippen LogP contribution < -0.4 is 0 Å².